The van der Waals surface area contributed by atoms with Crippen molar-refractivity contribution < 1.29 is 4.92 Å². The van der Waals surface area contributed by atoms with Crippen molar-refractivity contribution in [3.8, 4) is 0 Å². The van der Waals surface area contributed by atoms with Crippen molar-refractivity contribution in [2.45, 2.75) is 13.3 Å². The molecule has 0 fully saturated rings. The van der Waals surface area contributed by atoms with E-state index in [4.69, 9.17) is 17.3 Å². The summed E-state index contributed by atoms with van der Waals surface area (Å²) in [5.41, 5.74) is 6.91. The van der Waals surface area contributed by atoms with Crippen molar-refractivity contribution in [1.29, 1.82) is 0 Å². The van der Waals surface area contributed by atoms with Crippen molar-refractivity contribution in [1.82, 2.24) is 0 Å². The van der Waals surface area contributed by atoms with Crippen LogP contribution in [0.2, 0.25) is 5.02 Å². The number of benzene rings is 1. The maximum atomic E-state index is 10.6. The van der Waals surface area contributed by atoms with E-state index in [9.17, 15) is 10.1 Å². The topological polar surface area (TPSA) is 81.2 Å². The molecular weight excluding hydrogens is 230 g/mol. The first-order valence-corrected chi connectivity index (χ1v) is 5.32. The molecule has 5 nitrogen and oxygen atoms in total. The molecule has 0 saturated carbocycles. The summed E-state index contributed by atoms with van der Waals surface area (Å²) in [5, 5.41) is 13.9. The zero-order valence-electron chi connectivity index (χ0n) is 9.00. The SMILES string of the molecule is Cc1cc([N+](=O)[O-])c(Cl)cc1NCCCN. The molecular formula is C10H14ClN3O2. The van der Waals surface area contributed by atoms with Gasteiger partial charge in [-0.2, -0.15) is 0 Å². The van der Waals surface area contributed by atoms with Gasteiger partial charge in [0.15, 0.2) is 0 Å². The predicted molar refractivity (Wildman–Crippen MR) is 65.0 cm³/mol. The number of nitrogens with zero attached hydrogens (tertiary/aromatic N) is 1. The van der Waals surface area contributed by atoms with Gasteiger partial charge in [-0.3, -0.25) is 10.1 Å². The summed E-state index contributed by atoms with van der Waals surface area (Å²) in [6, 6.07) is 3.04. The summed E-state index contributed by atoms with van der Waals surface area (Å²) < 4.78 is 0. The lowest BCUT2D eigenvalue weighted by atomic mass is 10.1. The molecule has 0 amide bonds. The Bertz CT molecular complexity index is 396. The summed E-state index contributed by atoms with van der Waals surface area (Å²) in [6.45, 7) is 3.13. The molecule has 3 N–H and O–H groups in total. The van der Waals surface area contributed by atoms with Gasteiger partial charge in [-0.25, -0.2) is 0 Å². The molecule has 6 heteroatoms. The van der Waals surface area contributed by atoms with Crippen molar-refractivity contribution >= 4 is 23.0 Å². The van der Waals surface area contributed by atoms with Crippen LogP contribution in [0.5, 0.6) is 0 Å². The Hall–Kier alpha value is -1.33. The Morgan fingerprint density at radius 3 is 2.81 bits per heavy atom. The summed E-state index contributed by atoms with van der Waals surface area (Å²) >= 11 is 5.80. The third-order valence-corrected chi connectivity index (χ3v) is 2.49. The molecule has 0 aliphatic carbocycles. The van der Waals surface area contributed by atoms with Crippen LogP contribution in [0.25, 0.3) is 0 Å². The average Bonchev–Trinajstić information content (AvgIpc) is 2.22. The smallest absolute Gasteiger partial charge is 0.288 e. The quantitative estimate of drug-likeness (QED) is 0.472. The van der Waals surface area contributed by atoms with Gasteiger partial charge in [0.05, 0.1) is 4.92 Å². The van der Waals surface area contributed by atoms with Crippen LogP contribution < -0.4 is 11.1 Å². The molecule has 1 aromatic carbocycles. The van der Waals surface area contributed by atoms with Gasteiger partial charge in [-0.1, -0.05) is 11.6 Å². The van der Waals surface area contributed by atoms with Gasteiger partial charge < -0.3 is 11.1 Å². The second-order valence-electron chi connectivity index (χ2n) is 3.44. The second kappa shape index (κ2) is 5.67. The van der Waals surface area contributed by atoms with E-state index >= 15 is 0 Å². The van der Waals surface area contributed by atoms with Gasteiger partial charge in [-0.05, 0) is 31.5 Å². The highest BCUT2D eigenvalue weighted by Crippen LogP contribution is 2.30. The van der Waals surface area contributed by atoms with Gasteiger partial charge in [0, 0.05) is 18.3 Å². The Morgan fingerprint density at radius 1 is 1.56 bits per heavy atom. The highest BCUT2D eigenvalue weighted by molar-refractivity contribution is 6.33. The first-order valence-electron chi connectivity index (χ1n) is 4.94. The lowest BCUT2D eigenvalue weighted by Gasteiger charge is -2.09. The fraction of sp³-hybridized carbons (Fsp3) is 0.400. The van der Waals surface area contributed by atoms with Gasteiger partial charge >= 0.3 is 0 Å². The number of nitro benzene ring substituents is 1. The highest BCUT2D eigenvalue weighted by atomic mass is 35.5. The first kappa shape index (κ1) is 12.7. The summed E-state index contributed by atoms with van der Waals surface area (Å²) in [4.78, 5) is 10.1. The fourth-order valence-corrected chi connectivity index (χ4v) is 1.55. The standard InChI is InChI=1S/C10H14ClN3O2/c1-7-5-10(14(15)16)8(11)6-9(7)13-4-2-3-12/h5-6,13H,2-4,12H2,1H3. The van der Waals surface area contributed by atoms with Crippen LogP contribution in [0.15, 0.2) is 12.1 Å². The molecule has 88 valence electrons. The van der Waals surface area contributed by atoms with Gasteiger partial charge in [0.1, 0.15) is 5.02 Å². The zero-order chi connectivity index (χ0) is 12.1. The van der Waals surface area contributed by atoms with Crippen LogP contribution >= 0.6 is 11.6 Å². The predicted octanol–water partition coefficient (Wildman–Crippen LogP) is 2.32. The lowest BCUT2D eigenvalue weighted by Crippen LogP contribution is -2.09. The van der Waals surface area contributed by atoms with Crippen molar-refractivity contribution in [2.75, 3.05) is 18.4 Å². The summed E-state index contributed by atoms with van der Waals surface area (Å²) in [7, 11) is 0. The minimum absolute atomic E-state index is 0.0662. The molecule has 16 heavy (non-hydrogen) atoms. The number of aryl methyl sites for hydroxylation is 1. The number of hydrogen-bond donors (Lipinski definition) is 2. The van der Waals surface area contributed by atoms with Gasteiger partial charge in [0.2, 0.25) is 0 Å². The van der Waals surface area contributed by atoms with Crippen molar-refractivity contribution in [3.63, 3.8) is 0 Å². The molecule has 0 unspecified atom stereocenters. The minimum atomic E-state index is -0.487. The van der Waals surface area contributed by atoms with Crippen molar-refractivity contribution in [2.24, 2.45) is 5.73 Å². The highest BCUT2D eigenvalue weighted by Gasteiger charge is 2.14. The third-order valence-electron chi connectivity index (χ3n) is 2.19. The molecule has 0 saturated heterocycles. The maximum absolute atomic E-state index is 10.6. The van der Waals surface area contributed by atoms with E-state index in [1.54, 1.807) is 13.0 Å². The van der Waals surface area contributed by atoms with E-state index in [0.29, 0.717) is 6.54 Å². The minimum Gasteiger partial charge on any atom is -0.385 e. The Balaban J connectivity index is 2.88. The van der Waals surface area contributed by atoms with E-state index in [1.165, 1.54) is 6.07 Å². The molecule has 0 spiro atoms. The largest absolute Gasteiger partial charge is 0.385 e. The van der Waals surface area contributed by atoms with Crippen LogP contribution in [0.4, 0.5) is 11.4 Å². The van der Waals surface area contributed by atoms with E-state index in [-0.39, 0.29) is 10.7 Å². The van der Waals surface area contributed by atoms with E-state index in [2.05, 4.69) is 5.32 Å². The Kier molecular flexibility index (Phi) is 4.52. The van der Waals surface area contributed by atoms with Crippen LogP contribution in [0.3, 0.4) is 0 Å². The van der Waals surface area contributed by atoms with Crippen LogP contribution in [0, 0.1) is 17.0 Å². The second-order valence-corrected chi connectivity index (χ2v) is 3.85. The third kappa shape index (κ3) is 3.08. The number of nitro groups is 1. The molecule has 0 aliphatic heterocycles. The molecule has 0 heterocycles. The normalized spacial score (nSPS) is 10.2. The lowest BCUT2D eigenvalue weighted by molar-refractivity contribution is -0.384. The fourth-order valence-electron chi connectivity index (χ4n) is 1.32. The van der Waals surface area contributed by atoms with Gasteiger partial charge in [0.25, 0.3) is 5.69 Å². The van der Waals surface area contributed by atoms with Crippen LogP contribution in [0.1, 0.15) is 12.0 Å². The van der Waals surface area contributed by atoms with E-state index in [0.717, 1.165) is 24.2 Å². The number of rotatable bonds is 5. The zero-order valence-corrected chi connectivity index (χ0v) is 9.75. The summed E-state index contributed by atoms with van der Waals surface area (Å²) in [6.07, 6.45) is 0.841. The van der Waals surface area contributed by atoms with Gasteiger partial charge in [-0.15, -0.1) is 0 Å². The maximum Gasteiger partial charge on any atom is 0.288 e. The summed E-state index contributed by atoms with van der Waals surface area (Å²) in [5.74, 6) is 0. The van der Waals surface area contributed by atoms with E-state index in [1.807, 2.05) is 0 Å². The van der Waals surface area contributed by atoms with Crippen LogP contribution in [-0.2, 0) is 0 Å². The number of nitrogens with one attached hydrogen (secondary N) is 1. The monoisotopic (exact) mass is 243 g/mol. The Morgan fingerprint density at radius 2 is 2.25 bits per heavy atom. The number of hydrogen-bond acceptors (Lipinski definition) is 4. The Labute approximate surface area is 98.7 Å². The molecule has 0 radical (unpaired) electrons. The van der Waals surface area contributed by atoms with Crippen LogP contribution in [-0.4, -0.2) is 18.0 Å². The van der Waals surface area contributed by atoms with E-state index < -0.39 is 4.92 Å². The number of nitrogens with two attached hydrogens (primary N) is 1. The molecule has 0 aliphatic rings. The molecule has 0 aromatic heterocycles. The molecule has 0 bridgehead atoms. The average molecular weight is 244 g/mol. The molecule has 1 rings (SSSR count). The number of halogens is 1. The molecule has 0 atom stereocenters. The van der Waals surface area contributed by atoms with Crippen molar-refractivity contribution in [3.05, 3.63) is 32.8 Å². The molecule has 1 aromatic rings. The number of anilines is 1. The first-order chi connectivity index (χ1) is 7.56.